The fourth-order valence-corrected chi connectivity index (χ4v) is 1.49. The average Bonchev–Trinajstić information content (AvgIpc) is 2.54. The van der Waals surface area contributed by atoms with Crippen LogP contribution < -0.4 is 11.5 Å². The fourth-order valence-electron chi connectivity index (χ4n) is 1.49. The van der Waals surface area contributed by atoms with Crippen LogP contribution in [-0.4, -0.2) is 42.9 Å². The molecule has 2 aromatic heterocycles. The van der Waals surface area contributed by atoms with E-state index in [1.54, 1.807) is 50.5 Å². The van der Waals surface area contributed by atoms with Crippen LogP contribution in [0.5, 0.6) is 0 Å². The first-order valence-corrected chi connectivity index (χ1v) is 6.96. The van der Waals surface area contributed by atoms with Gasteiger partial charge in [0.05, 0.1) is 10.2 Å². The molecule has 0 atom stereocenters. The first kappa shape index (κ1) is 37.8. The summed E-state index contributed by atoms with van der Waals surface area (Å²) in [5, 5.41) is 29.5. The number of hydrogen-bond acceptors (Lipinski definition) is 10. The van der Waals surface area contributed by atoms with Crippen molar-refractivity contribution in [2.75, 3.05) is 0 Å². The molecular formula is C14H20CuN6O10. The Morgan fingerprint density at radius 3 is 1.13 bits per heavy atom. The summed E-state index contributed by atoms with van der Waals surface area (Å²) >= 11 is 0. The number of rotatable bonds is 2. The molecule has 2 heterocycles. The van der Waals surface area contributed by atoms with Crippen molar-refractivity contribution in [3.8, 4) is 0 Å². The van der Waals surface area contributed by atoms with Crippen LogP contribution in [0, 0.1) is 44.5 Å². The maximum Gasteiger partial charge on any atom is 2.00 e. The summed E-state index contributed by atoms with van der Waals surface area (Å²) in [5.41, 5.74) is 12.4. The van der Waals surface area contributed by atoms with E-state index in [4.69, 9.17) is 42.1 Å². The van der Waals surface area contributed by atoms with Gasteiger partial charge in [0.2, 0.25) is 0 Å². The van der Waals surface area contributed by atoms with Crippen LogP contribution in [-0.2, 0) is 17.1 Å². The molecular weight excluding hydrogens is 476 g/mol. The first-order valence-electron chi connectivity index (χ1n) is 6.96. The van der Waals surface area contributed by atoms with Gasteiger partial charge in [-0.05, 0) is 37.1 Å². The number of aromatic nitrogens is 2. The standard InChI is InChI=1S/2C7H8N2O.Cu.2NO3.2H2O/c2*1-5-3-2-4-9-6(5)7(8)10;;2*2-1(3)4;;/h2*2-4H,1H3,(H2,8,10);;;;2*1H2/q;;+2;2*-1;;. The third kappa shape index (κ3) is 22.2. The third-order valence-corrected chi connectivity index (χ3v) is 2.49. The second-order valence-electron chi connectivity index (χ2n) is 4.51. The van der Waals surface area contributed by atoms with E-state index in [0.29, 0.717) is 11.4 Å². The molecule has 0 unspecified atom stereocenters. The zero-order valence-electron chi connectivity index (χ0n) is 16.0. The minimum absolute atomic E-state index is 0. The third-order valence-electron chi connectivity index (χ3n) is 2.49. The van der Waals surface area contributed by atoms with Gasteiger partial charge in [-0.15, -0.1) is 0 Å². The zero-order valence-corrected chi connectivity index (χ0v) is 16.9. The number of amides is 2. The van der Waals surface area contributed by atoms with Crippen LogP contribution in [0.4, 0.5) is 0 Å². The Morgan fingerprint density at radius 1 is 0.774 bits per heavy atom. The van der Waals surface area contributed by atoms with E-state index < -0.39 is 22.0 Å². The predicted molar refractivity (Wildman–Crippen MR) is 103 cm³/mol. The minimum atomic E-state index is -1.75. The molecule has 2 rings (SSSR count). The van der Waals surface area contributed by atoms with Crippen molar-refractivity contribution in [3.63, 3.8) is 0 Å². The molecule has 0 spiro atoms. The number of aryl methyl sites for hydroxylation is 2. The van der Waals surface area contributed by atoms with Gasteiger partial charge in [0.1, 0.15) is 11.4 Å². The van der Waals surface area contributed by atoms with Crippen LogP contribution in [0.1, 0.15) is 32.1 Å². The Balaban J connectivity index is -0.000000102. The summed E-state index contributed by atoms with van der Waals surface area (Å²) < 4.78 is 0. The predicted octanol–water partition coefficient (Wildman–Crippen LogP) is -1.15. The second kappa shape index (κ2) is 20.8. The Labute approximate surface area is 185 Å². The van der Waals surface area contributed by atoms with Gasteiger partial charge in [0, 0.05) is 12.4 Å². The number of nitrogens with two attached hydrogens (primary N) is 2. The molecule has 16 nitrogen and oxygen atoms in total. The van der Waals surface area contributed by atoms with E-state index in [1.165, 1.54) is 0 Å². The summed E-state index contributed by atoms with van der Waals surface area (Å²) in [4.78, 5) is 45.3. The van der Waals surface area contributed by atoms with E-state index in [-0.39, 0.29) is 28.0 Å². The van der Waals surface area contributed by atoms with Crippen molar-refractivity contribution in [2.24, 2.45) is 11.5 Å². The summed E-state index contributed by atoms with van der Waals surface area (Å²) in [6.45, 7) is 3.60. The van der Waals surface area contributed by atoms with Crippen LogP contribution >= 0.6 is 0 Å². The molecule has 2 aromatic rings. The number of nitrogens with zero attached hydrogens (tertiary/aromatic N) is 4. The van der Waals surface area contributed by atoms with E-state index >= 15 is 0 Å². The van der Waals surface area contributed by atoms with E-state index in [9.17, 15) is 9.59 Å². The van der Waals surface area contributed by atoms with Gasteiger partial charge in [0.15, 0.2) is 0 Å². The van der Waals surface area contributed by atoms with Gasteiger partial charge >= 0.3 is 17.1 Å². The maximum atomic E-state index is 10.6. The van der Waals surface area contributed by atoms with Gasteiger partial charge in [-0.2, -0.15) is 0 Å². The number of carbonyl (C=O) groups excluding carboxylic acids is 2. The summed E-state index contributed by atoms with van der Waals surface area (Å²) in [7, 11) is 0. The Bertz CT molecular complexity index is 748. The number of hydrogen-bond donors (Lipinski definition) is 2. The quantitative estimate of drug-likeness (QED) is 0.286. The van der Waals surface area contributed by atoms with E-state index in [1.807, 2.05) is 0 Å². The van der Waals surface area contributed by atoms with Crippen LogP contribution in [0.2, 0.25) is 0 Å². The Morgan fingerprint density at radius 2 is 1.00 bits per heavy atom. The van der Waals surface area contributed by atoms with Crippen LogP contribution in [0.25, 0.3) is 0 Å². The van der Waals surface area contributed by atoms with Crippen molar-refractivity contribution >= 4 is 11.8 Å². The van der Waals surface area contributed by atoms with Crippen molar-refractivity contribution < 1.29 is 47.8 Å². The number of carbonyl (C=O) groups is 2. The van der Waals surface area contributed by atoms with Gasteiger partial charge in [0.25, 0.3) is 11.8 Å². The van der Waals surface area contributed by atoms with Crippen LogP contribution in [0.15, 0.2) is 36.7 Å². The van der Waals surface area contributed by atoms with Gasteiger partial charge < -0.3 is 53.1 Å². The van der Waals surface area contributed by atoms with Gasteiger partial charge in [-0.25, -0.2) is 0 Å². The van der Waals surface area contributed by atoms with Crippen molar-refractivity contribution in [2.45, 2.75) is 13.8 Å². The fraction of sp³-hybridized carbons (Fsp3) is 0.143. The van der Waals surface area contributed by atoms with Crippen molar-refractivity contribution in [1.29, 1.82) is 0 Å². The monoisotopic (exact) mass is 495 g/mol. The maximum absolute atomic E-state index is 10.6. The molecule has 0 aliphatic rings. The molecule has 0 saturated heterocycles. The molecule has 8 N–H and O–H groups in total. The molecule has 31 heavy (non-hydrogen) atoms. The SMILES string of the molecule is Cc1cccnc1C(N)=O.Cc1cccnc1C(N)=O.O.O.O=[N+]([O-])[O-].O=[N+]([O-])[O-].[Cu+2]. The molecule has 0 saturated carbocycles. The molecule has 0 aliphatic heterocycles. The number of primary amides is 2. The molecule has 2 amide bonds. The summed E-state index contributed by atoms with van der Waals surface area (Å²) in [6.07, 6.45) is 3.10. The average molecular weight is 496 g/mol. The van der Waals surface area contributed by atoms with E-state index in [2.05, 4.69) is 9.97 Å². The molecule has 0 fully saturated rings. The Kier molecular flexibility index (Phi) is 25.4. The normalized spacial score (nSPS) is 7.55. The first-order chi connectivity index (χ1) is 12.9. The summed E-state index contributed by atoms with van der Waals surface area (Å²) in [5.74, 6) is -0.948. The molecule has 0 aliphatic carbocycles. The zero-order chi connectivity index (χ0) is 22.3. The molecule has 0 aromatic carbocycles. The van der Waals surface area contributed by atoms with Crippen molar-refractivity contribution in [1.82, 2.24) is 9.97 Å². The molecule has 17 heteroatoms. The smallest absolute Gasteiger partial charge is 0.412 e. The largest absolute Gasteiger partial charge is 2.00 e. The van der Waals surface area contributed by atoms with Crippen molar-refractivity contribution in [3.05, 3.63) is 89.8 Å². The molecule has 0 bridgehead atoms. The van der Waals surface area contributed by atoms with E-state index in [0.717, 1.165) is 11.1 Å². The van der Waals surface area contributed by atoms with Crippen LogP contribution in [0.3, 0.4) is 0 Å². The van der Waals surface area contributed by atoms with Gasteiger partial charge in [-0.1, -0.05) is 12.1 Å². The topological polar surface area (TPSA) is 307 Å². The number of pyridine rings is 2. The second-order valence-corrected chi connectivity index (χ2v) is 4.51. The molecule has 177 valence electrons. The van der Waals surface area contributed by atoms with Gasteiger partial charge in [-0.3, -0.25) is 19.6 Å². The molecule has 1 radical (unpaired) electrons. The summed E-state index contributed by atoms with van der Waals surface area (Å²) in [6, 6.07) is 7.13. The minimum Gasteiger partial charge on any atom is -0.412 e. The Hall–Kier alpha value is -3.92.